The highest BCUT2D eigenvalue weighted by molar-refractivity contribution is 7.90. The fraction of sp³-hybridized carbons (Fsp3) is 0.400. The van der Waals surface area contributed by atoms with E-state index < -0.39 is 9.84 Å². The number of hydrogen-bond acceptors (Lipinski definition) is 4. The lowest BCUT2D eigenvalue weighted by atomic mass is 10.0. The van der Waals surface area contributed by atoms with Gasteiger partial charge in [-0.05, 0) is 43.1 Å². The zero-order chi connectivity index (χ0) is 15.5. The lowest BCUT2D eigenvalue weighted by Gasteiger charge is -2.17. The summed E-state index contributed by atoms with van der Waals surface area (Å²) < 4.78 is 25.1. The molecule has 21 heavy (non-hydrogen) atoms. The number of sulfone groups is 1. The molecule has 1 heterocycles. The summed E-state index contributed by atoms with van der Waals surface area (Å²) in [5, 5.41) is 7.41. The Labute approximate surface area is 125 Å². The summed E-state index contributed by atoms with van der Waals surface area (Å²) in [6, 6.07) is 7.25. The Kier molecular flexibility index (Phi) is 4.80. The van der Waals surface area contributed by atoms with Crippen molar-refractivity contribution in [2.75, 3.05) is 13.3 Å². The van der Waals surface area contributed by atoms with Gasteiger partial charge in [-0.2, -0.15) is 5.10 Å². The first-order chi connectivity index (χ1) is 9.90. The van der Waals surface area contributed by atoms with Gasteiger partial charge in [-0.1, -0.05) is 12.1 Å². The van der Waals surface area contributed by atoms with Crippen molar-refractivity contribution < 1.29 is 8.42 Å². The molecular weight excluding hydrogens is 286 g/mol. The highest BCUT2D eigenvalue weighted by Crippen LogP contribution is 2.21. The third-order valence-corrected chi connectivity index (χ3v) is 4.63. The van der Waals surface area contributed by atoms with Crippen LogP contribution >= 0.6 is 0 Å². The van der Waals surface area contributed by atoms with E-state index in [4.69, 9.17) is 0 Å². The molecule has 1 unspecified atom stereocenters. The second-order valence-corrected chi connectivity index (χ2v) is 7.26. The number of rotatable bonds is 6. The molecule has 0 saturated heterocycles. The van der Waals surface area contributed by atoms with E-state index >= 15 is 0 Å². The lowest BCUT2D eigenvalue weighted by molar-refractivity contribution is 0.547. The van der Waals surface area contributed by atoms with Crippen LogP contribution in [-0.2, 0) is 23.3 Å². The molecule has 114 valence electrons. The van der Waals surface area contributed by atoms with Crippen LogP contribution in [-0.4, -0.2) is 31.5 Å². The van der Waals surface area contributed by atoms with Crippen molar-refractivity contribution >= 4 is 9.84 Å². The predicted octanol–water partition coefficient (Wildman–Crippen LogP) is 1.72. The molecular formula is C15H21N3O2S. The quantitative estimate of drug-likeness (QED) is 0.882. The van der Waals surface area contributed by atoms with Gasteiger partial charge in [0, 0.05) is 25.5 Å². The number of nitrogens with zero attached hydrogens (tertiary/aromatic N) is 2. The third kappa shape index (κ3) is 4.15. The Morgan fingerprint density at radius 1 is 1.38 bits per heavy atom. The van der Waals surface area contributed by atoms with E-state index in [1.807, 2.05) is 32.6 Å². The first kappa shape index (κ1) is 15.7. The van der Waals surface area contributed by atoms with E-state index in [0.717, 1.165) is 18.4 Å². The fourth-order valence-electron chi connectivity index (χ4n) is 2.35. The maximum absolute atomic E-state index is 11.6. The van der Waals surface area contributed by atoms with Crippen LogP contribution in [0, 0.1) is 0 Å². The topological polar surface area (TPSA) is 64.0 Å². The van der Waals surface area contributed by atoms with Crippen LogP contribution < -0.4 is 5.32 Å². The van der Waals surface area contributed by atoms with E-state index in [9.17, 15) is 8.42 Å². The normalized spacial score (nSPS) is 13.3. The number of aryl methyl sites for hydroxylation is 2. The van der Waals surface area contributed by atoms with Gasteiger partial charge < -0.3 is 5.32 Å². The minimum Gasteiger partial charge on any atom is -0.313 e. The van der Waals surface area contributed by atoms with Gasteiger partial charge in [0.15, 0.2) is 9.84 Å². The summed E-state index contributed by atoms with van der Waals surface area (Å²) in [6.07, 6.45) is 6.87. The molecule has 6 heteroatoms. The van der Waals surface area contributed by atoms with Gasteiger partial charge in [0.05, 0.1) is 11.1 Å². The molecule has 0 radical (unpaired) electrons. The van der Waals surface area contributed by atoms with Crippen LogP contribution in [0.1, 0.15) is 23.6 Å². The molecule has 0 aliphatic rings. The van der Waals surface area contributed by atoms with Crippen molar-refractivity contribution in [3.05, 3.63) is 47.8 Å². The summed E-state index contributed by atoms with van der Waals surface area (Å²) in [7, 11) is 0.615. The smallest absolute Gasteiger partial charge is 0.175 e. The zero-order valence-corrected chi connectivity index (χ0v) is 13.4. The molecule has 0 aliphatic carbocycles. The van der Waals surface area contributed by atoms with Crippen molar-refractivity contribution in [2.24, 2.45) is 7.05 Å². The summed E-state index contributed by atoms with van der Waals surface area (Å²) in [5.74, 6) is 0. The SMILES string of the molecule is CNC(CCc1cnn(C)c1)c1cccc(S(C)(=O)=O)c1. The summed E-state index contributed by atoms with van der Waals surface area (Å²) in [5.41, 5.74) is 2.17. The predicted molar refractivity (Wildman–Crippen MR) is 82.9 cm³/mol. The first-order valence-corrected chi connectivity index (χ1v) is 8.74. The molecule has 1 atom stereocenters. The molecule has 1 N–H and O–H groups in total. The highest BCUT2D eigenvalue weighted by Gasteiger charge is 2.13. The first-order valence-electron chi connectivity index (χ1n) is 6.85. The minimum absolute atomic E-state index is 0.118. The monoisotopic (exact) mass is 307 g/mol. The van der Waals surface area contributed by atoms with Gasteiger partial charge in [0.1, 0.15) is 0 Å². The second kappa shape index (κ2) is 6.41. The second-order valence-electron chi connectivity index (χ2n) is 5.25. The van der Waals surface area contributed by atoms with Crippen LogP contribution in [0.5, 0.6) is 0 Å². The molecule has 5 nitrogen and oxygen atoms in total. The molecule has 2 rings (SSSR count). The molecule has 0 amide bonds. The van der Waals surface area contributed by atoms with Gasteiger partial charge in [-0.25, -0.2) is 8.42 Å². The van der Waals surface area contributed by atoms with Crippen LogP contribution in [0.25, 0.3) is 0 Å². The largest absolute Gasteiger partial charge is 0.313 e. The van der Waals surface area contributed by atoms with E-state index in [1.54, 1.807) is 22.9 Å². The molecule has 0 spiro atoms. The van der Waals surface area contributed by atoms with Gasteiger partial charge in [-0.15, -0.1) is 0 Å². The summed E-state index contributed by atoms with van der Waals surface area (Å²) >= 11 is 0. The van der Waals surface area contributed by atoms with Crippen molar-refractivity contribution in [1.82, 2.24) is 15.1 Å². The van der Waals surface area contributed by atoms with Crippen LogP contribution in [0.15, 0.2) is 41.6 Å². The lowest BCUT2D eigenvalue weighted by Crippen LogP contribution is -2.17. The van der Waals surface area contributed by atoms with Gasteiger partial charge in [0.2, 0.25) is 0 Å². The maximum atomic E-state index is 11.6. The number of aromatic nitrogens is 2. The molecule has 0 bridgehead atoms. The average molecular weight is 307 g/mol. The van der Waals surface area contributed by atoms with Crippen molar-refractivity contribution in [3.8, 4) is 0 Å². The van der Waals surface area contributed by atoms with E-state index in [-0.39, 0.29) is 6.04 Å². The van der Waals surface area contributed by atoms with Gasteiger partial charge in [-0.3, -0.25) is 4.68 Å². The number of hydrogen-bond donors (Lipinski definition) is 1. The van der Waals surface area contributed by atoms with Crippen molar-refractivity contribution in [1.29, 1.82) is 0 Å². The Hall–Kier alpha value is -1.66. The van der Waals surface area contributed by atoms with Crippen molar-refractivity contribution in [3.63, 3.8) is 0 Å². The minimum atomic E-state index is -3.17. The Balaban J connectivity index is 2.14. The molecule has 0 fully saturated rings. The molecule has 0 saturated carbocycles. The van der Waals surface area contributed by atoms with E-state index in [2.05, 4.69) is 10.4 Å². The maximum Gasteiger partial charge on any atom is 0.175 e. The summed E-state index contributed by atoms with van der Waals surface area (Å²) in [6.45, 7) is 0. The zero-order valence-electron chi connectivity index (χ0n) is 12.6. The van der Waals surface area contributed by atoms with E-state index in [0.29, 0.717) is 4.90 Å². The van der Waals surface area contributed by atoms with Crippen LogP contribution in [0.2, 0.25) is 0 Å². The fourth-order valence-corrected chi connectivity index (χ4v) is 3.03. The van der Waals surface area contributed by atoms with E-state index in [1.165, 1.54) is 11.8 Å². The summed E-state index contributed by atoms with van der Waals surface area (Å²) in [4.78, 5) is 0.363. The molecule has 2 aromatic rings. The average Bonchev–Trinajstić information content (AvgIpc) is 2.85. The van der Waals surface area contributed by atoms with Crippen molar-refractivity contribution in [2.45, 2.75) is 23.8 Å². The Bertz CT molecular complexity index is 707. The molecule has 0 aliphatic heterocycles. The van der Waals surface area contributed by atoms with Gasteiger partial charge in [0.25, 0.3) is 0 Å². The molecule has 1 aromatic heterocycles. The van der Waals surface area contributed by atoms with Gasteiger partial charge >= 0.3 is 0 Å². The number of nitrogens with one attached hydrogen (secondary N) is 1. The van der Waals surface area contributed by atoms with Crippen LogP contribution in [0.4, 0.5) is 0 Å². The molecule has 1 aromatic carbocycles. The highest BCUT2D eigenvalue weighted by atomic mass is 32.2. The Morgan fingerprint density at radius 3 is 2.71 bits per heavy atom. The Morgan fingerprint density at radius 2 is 2.14 bits per heavy atom. The number of benzene rings is 1. The third-order valence-electron chi connectivity index (χ3n) is 3.52. The standard InChI is InChI=1S/C15H21N3O2S/c1-16-15(8-7-12-10-17-18(2)11-12)13-5-4-6-14(9-13)21(3,19)20/h4-6,9-11,15-16H,7-8H2,1-3H3. The van der Waals surface area contributed by atoms with Crippen LogP contribution in [0.3, 0.4) is 0 Å².